The first-order valence-corrected chi connectivity index (χ1v) is 8.17. The second kappa shape index (κ2) is 6.08. The lowest BCUT2D eigenvalue weighted by Gasteiger charge is -2.28. The van der Waals surface area contributed by atoms with Gasteiger partial charge in [0.05, 0.1) is 12.8 Å². The van der Waals surface area contributed by atoms with E-state index in [0.29, 0.717) is 11.8 Å². The maximum atomic E-state index is 9.34. The Morgan fingerprint density at radius 1 is 1.14 bits per heavy atom. The van der Waals surface area contributed by atoms with E-state index in [9.17, 15) is 5.21 Å². The zero-order valence-corrected chi connectivity index (χ0v) is 13.1. The molecule has 2 aliphatic carbocycles. The normalized spacial score (nSPS) is 24.9. The van der Waals surface area contributed by atoms with Crippen molar-refractivity contribution < 1.29 is 9.94 Å². The minimum absolute atomic E-state index is 0.313. The van der Waals surface area contributed by atoms with Crippen molar-refractivity contribution in [3.05, 3.63) is 28.8 Å². The summed E-state index contributed by atoms with van der Waals surface area (Å²) in [6, 6.07) is 4.42. The predicted octanol–water partition coefficient (Wildman–Crippen LogP) is 4.50. The third kappa shape index (κ3) is 2.66. The van der Waals surface area contributed by atoms with E-state index in [0.717, 1.165) is 29.9 Å². The number of hydrogen-bond donors (Lipinski definition) is 1. The van der Waals surface area contributed by atoms with Crippen LogP contribution in [0.4, 0.5) is 0 Å². The van der Waals surface area contributed by atoms with Crippen LogP contribution in [0.15, 0.2) is 17.3 Å². The van der Waals surface area contributed by atoms with Gasteiger partial charge in [-0.15, -0.1) is 0 Å². The molecule has 0 amide bonds. The third-order valence-corrected chi connectivity index (χ3v) is 5.20. The minimum Gasteiger partial charge on any atom is -0.496 e. The Morgan fingerprint density at radius 2 is 1.90 bits per heavy atom. The zero-order valence-electron chi connectivity index (χ0n) is 13.1. The van der Waals surface area contributed by atoms with Crippen molar-refractivity contribution in [3.63, 3.8) is 0 Å². The molecule has 0 bridgehead atoms. The van der Waals surface area contributed by atoms with Gasteiger partial charge in [0.2, 0.25) is 0 Å². The van der Waals surface area contributed by atoms with Gasteiger partial charge in [0, 0.05) is 11.5 Å². The van der Waals surface area contributed by atoms with E-state index in [1.807, 2.05) is 0 Å². The van der Waals surface area contributed by atoms with Crippen LogP contribution in [0.1, 0.15) is 68.1 Å². The summed E-state index contributed by atoms with van der Waals surface area (Å²) >= 11 is 0. The van der Waals surface area contributed by atoms with Gasteiger partial charge in [-0.25, -0.2) is 0 Å². The molecule has 1 aromatic rings. The van der Waals surface area contributed by atoms with E-state index in [-0.39, 0.29) is 0 Å². The second-order valence-electron chi connectivity index (χ2n) is 6.51. The Balaban J connectivity index is 2.03. The number of ether oxygens (including phenoxy) is 1. The molecule has 3 nitrogen and oxygen atoms in total. The predicted molar refractivity (Wildman–Crippen MR) is 84.6 cm³/mol. The Kier molecular flexibility index (Phi) is 4.18. The third-order valence-electron chi connectivity index (χ3n) is 5.20. The maximum absolute atomic E-state index is 9.34. The summed E-state index contributed by atoms with van der Waals surface area (Å²) in [5, 5.41) is 12.9. The fourth-order valence-corrected chi connectivity index (χ4v) is 3.93. The van der Waals surface area contributed by atoms with Gasteiger partial charge in [-0.05, 0) is 48.8 Å². The van der Waals surface area contributed by atoms with E-state index in [1.165, 1.54) is 43.2 Å². The molecule has 1 unspecified atom stereocenters. The number of fused-ring (bicyclic) bond motifs is 1. The first-order chi connectivity index (χ1) is 10.2. The highest BCUT2D eigenvalue weighted by Crippen LogP contribution is 2.40. The largest absolute Gasteiger partial charge is 0.496 e. The van der Waals surface area contributed by atoms with Gasteiger partial charge in [0.1, 0.15) is 5.75 Å². The van der Waals surface area contributed by atoms with Crippen molar-refractivity contribution in [3.8, 4) is 5.75 Å². The van der Waals surface area contributed by atoms with Crippen molar-refractivity contribution in [1.29, 1.82) is 0 Å². The van der Waals surface area contributed by atoms with Gasteiger partial charge in [0.15, 0.2) is 0 Å². The van der Waals surface area contributed by atoms with E-state index < -0.39 is 0 Å². The SMILES string of the molecule is COc1cc2c(cc1C1CCCCC1)CCC(C)C2=NO. The average Bonchev–Trinajstić information content (AvgIpc) is 2.54. The quantitative estimate of drug-likeness (QED) is 0.642. The van der Waals surface area contributed by atoms with Crippen molar-refractivity contribution in [2.75, 3.05) is 7.11 Å². The second-order valence-corrected chi connectivity index (χ2v) is 6.51. The Hall–Kier alpha value is -1.51. The Labute approximate surface area is 127 Å². The van der Waals surface area contributed by atoms with Crippen LogP contribution in [-0.4, -0.2) is 18.0 Å². The molecule has 0 saturated heterocycles. The van der Waals surface area contributed by atoms with E-state index in [1.54, 1.807) is 7.11 Å². The molecule has 0 heterocycles. The summed E-state index contributed by atoms with van der Waals surface area (Å²) in [5.41, 5.74) is 4.57. The molecule has 0 radical (unpaired) electrons. The van der Waals surface area contributed by atoms with Gasteiger partial charge in [-0.3, -0.25) is 0 Å². The number of methoxy groups -OCH3 is 1. The standard InChI is InChI=1S/C18H25NO2/c1-12-8-9-14-10-15(13-6-4-3-5-7-13)17(21-2)11-16(14)18(12)19-20/h10-13,20H,3-9H2,1-2H3. The van der Waals surface area contributed by atoms with Gasteiger partial charge in [-0.2, -0.15) is 0 Å². The fourth-order valence-electron chi connectivity index (χ4n) is 3.93. The lowest BCUT2D eigenvalue weighted by Crippen LogP contribution is -2.22. The van der Waals surface area contributed by atoms with Gasteiger partial charge in [0.25, 0.3) is 0 Å². The summed E-state index contributed by atoms with van der Waals surface area (Å²) in [4.78, 5) is 0. The molecule has 3 heteroatoms. The molecule has 3 rings (SSSR count). The van der Waals surface area contributed by atoms with Crippen molar-refractivity contribution in [1.82, 2.24) is 0 Å². The molecule has 1 saturated carbocycles. The number of benzene rings is 1. The molecule has 1 fully saturated rings. The highest BCUT2D eigenvalue weighted by molar-refractivity contribution is 6.04. The summed E-state index contributed by atoms with van der Waals surface area (Å²) in [7, 11) is 1.75. The van der Waals surface area contributed by atoms with Crippen molar-refractivity contribution in [2.45, 2.75) is 57.8 Å². The van der Waals surface area contributed by atoms with Crippen LogP contribution in [0.3, 0.4) is 0 Å². The van der Waals surface area contributed by atoms with Crippen LogP contribution >= 0.6 is 0 Å². The molecular weight excluding hydrogens is 262 g/mol. The molecule has 2 aliphatic rings. The molecule has 0 aromatic heterocycles. The van der Waals surface area contributed by atoms with Crippen LogP contribution < -0.4 is 4.74 Å². The molecular formula is C18H25NO2. The van der Waals surface area contributed by atoms with Gasteiger partial charge >= 0.3 is 0 Å². The van der Waals surface area contributed by atoms with Crippen LogP contribution in [0, 0.1) is 5.92 Å². The fraction of sp³-hybridized carbons (Fsp3) is 0.611. The van der Waals surface area contributed by atoms with Crippen LogP contribution in [-0.2, 0) is 6.42 Å². The van der Waals surface area contributed by atoms with E-state index >= 15 is 0 Å². The molecule has 114 valence electrons. The van der Waals surface area contributed by atoms with Crippen LogP contribution in [0.2, 0.25) is 0 Å². The molecule has 21 heavy (non-hydrogen) atoms. The van der Waals surface area contributed by atoms with Crippen LogP contribution in [0.5, 0.6) is 5.75 Å². The number of oxime groups is 1. The highest BCUT2D eigenvalue weighted by atomic mass is 16.5. The zero-order chi connectivity index (χ0) is 14.8. The first-order valence-electron chi connectivity index (χ1n) is 8.17. The summed E-state index contributed by atoms with van der Waals surface area (Å²) in [6.07, 6.45) is 8.68. The number of nitrogens with zero attached hydrogens (tertiary/aromatic N) is 1. The summed E-state index contributed by atoms with van der Waals surface area (Å²) in [5.74, 6) is 1.91. The Morgan fingerprint density at radius 3 is 2.57 bits per heavy atom. The maximum Gasteiger partial charge on any atom is 0.123 e. The number of aryl methyl sites for hydroxylation is 1. The molecule has 1 atom stereocenters. The number of hydrogen-bond acceptors (Lipinski definition) is 3. The smallest absolute Gasteiger partial charge is 0.123 e. The lowest BCUT2D eigenvalue weighted by molar-refractivity contribution is 0.314. The van der Waals surface area contributed by atoms with Crippen LogP contribution in [0.25, 0.3) is 0 Å². The van der Waals surface area contributed by atoms with Gasteiger partial charge in [-0.1, -0.05) is 37.4 Å². The summed E-state index contributed by atoms with van der Waals surface area (Å²) < 4.78 is 5.66. The van der Waals surface area contributed by atoms with Crippen molar-refractivity contribution in [2.24, 2.45) is 11.1 Å². The van der Waals surface area contributed by atoms with E-state index in [2.05, 4.69) is 24.2 Å². The first kappa shape index (κ1) is 14.4. The monoisotopic (exact) mass is 287 g/mol. The molecule has 1 N–H and O–H groups in total. The van der Waals surface area contributed by atoms with Crippen molar-refractivity contribution >= 4 is 5.71 Å². The molecule has 0 spiro atoms. The molecule has 0 aliphatic heterocycles. The van der Waals surface area contributed by atoms with E-state index in [4.69, 9.17) is 4.74 Å². The number of rotatable bonds is 2. The summed E-state index contributed by atoms with van der Waals surface area (Å²) in [6.45, 7) is 2.12. The Bertz CT molecular complexity index is 544. The lowest BCUT2D eigenvalue weighted by atomic mass is 9.78. The van der Waals surface area contributed by atoms with Gasteiger partial charge < -0.3 is 9.94 Å². The average molecular weight is 287 g/mol. The highest BCUT2D eigenvalue weighted by Gasteiger charge is 2.27. The topological polar surface area (TPSA) is 41.8 Å². The molecule has 1 aromatic carbocycles. The minimum atomic E-state index is 0.313.